The Hall–Kier alpha value is -3.13. The summed E-state index contributed by atoms with van der Waals surface area (Å²) >= 11 is 9.72. The van der Waals surface area contributed by atoms with Crippen molar-refractivity contribution in [2.75, 3.05) is 4.90 Å². The number of anilines is 1. The quantitative estimate of drug-likeness (QED) is 0.327. The van der Waals surface area contributed by atoms with E-state index in [9.17, 15) is 19.2 Å². The first-order valence-electron chi connectivity index (χ1n) is 11.0. The van der Waals surface area contributed by atoms with E-state index < -0.39 is 46.9 Å². The number of nitrogens with zero attached hydrogens (tertiary/aromatic N) is 1. The standard InChI is InChI=1S/C27H17BrClNO5/c1-13-9-10-16(12-19(13)29)30-25(33)20-21(26(30)34)27(35-22(20)14-5-4-6-15(28)11-14)23(31)17-7-2-3-8-18(17)24(27)32/h2-12,20-22H,1H3/t20-,21-,22-/m0/s1. The molecule has 1 aliphatic carbocycles. The van der Waals surface area contributed by atoms with Gasteiger partial charge in [0.1, 0.15) is 0 Å². The van der Waals surface area contributed by atoms with Crippen LogP contribution in [0.1, 0.15) is 37.9 Å². The van der Waals surface area contributed by atoms with Gasteiger partial charge >= 0.3 is 0 Å². The molecule has 2 heterocycles. The van der Waals surface area contributed by atoms with Crippen molar-refractivity contribution in [3.05, 3.63) is 98.5 Å². The van der Waals surface area contributed by atoms with Crippen molar-refractivity contribution >= 4 is 56.6 Å². The van der Waals surface area contributed by atoms with Gasteiger partial charge in [0.25, 0.3) is 0 Å². The number of hydrogen-bond donors (Lipinski definition) is 0. The van der Waals surface area contributed by atoms with Crippen LogP contribution in [0, 0.1) is 18.8 Å². The van der Waals surface area contributed by atoms with Gasteiger partial charge in [-0.3, -0.25) is 19.2 Å². The van der Waals surface area contributed by atoms with Crippen LogP contribution in [0.2, 0.25) is 5.02 Å². The van der Waals surface area contributed by atoms with Crippen LogP contribution in [0.5, 0.6) is 0 Å². The van der Waals surface area contributed by atoms with Crippen molar-refractivity contribution < 1.29 is 23.9 Å². The van der Waals surface area contributed by atoms with Crippen molar-refractivity contribution in [3.8, 4) is 0 Å². The lowest BCUT2D eigenvalue weighted by Gasteiger charge is -2.27. The molecule has 2 fully saturated rings. The summed E-state index contributed by atoms with van der Waals surface area (Å²) in [6, 6.07) is 18.4. The maximum atomic E-state index is 13.9. The van der Waals surface area contributed by atoms with Gasteiger partial charge in [0.05, 0.1) is 23.6 Å². The normalized spacial score (nSPS) is 24.4. The molecule has 8 heteroatoms. The van der Waals surface area contributed by atoms with Gasteiger partial charge in [0, 0.05) is 20.6 Å². The van der Waals surface area contributed by atoms with E-state index in [1.54, 1.807) is 60.7 Å². The highest BCUT2D eigenvalue weighted by Crippen LogP contribution is 2.57. The molecule has 2 amide bonds. The average molecular weight is 551 g/mol. The molecular weight excluding hydrogens is 534 g/mol. The molecule has 174 valence electrons. The number of fused-ring (bicyclic) bond motifs is 3. The third-order valence-corrected chi connectivity index (χ3v) is 8.01. The number of carbonyl (C=O) groups is 4. The van der Waals surface area contributed by atoms with Crippen LogP contribution in [0.15, 0.2) is 71.2 Å². The Bertz CT molecular complexity index is 1450. The summed E-state index contributed by atoms with van der Waals surface area (Å²) in [6.45, 7) is 1.81. The van der Waals surface area contributed by atoms with Crippen molar-refractivity contribution in [3.63, 3.8) is 0 Å². The highest BCUT2D eigenvalue weighted by molar-refractivity contribution is 9.10. The van der Waals surface area contributed by atoms with Crippen LogP contribution in [0.4, 0.5) is 5.69 Å². The zero-order chi connectivity index (χ0) is 24.6. The smallest absolute Gasteiger partial charge is 0.241 e. The molecule has 0 unspecified atom stereocenters. The number of ether oxygens (including phenoxy) is 1. The monoisotopic (exact) mass is 549 g/mol. The summed E-state index contributed by atoms with van der Waals surface area (Å²) in [5, 5.41) is 0.398. The third kappa shape index (κ3) is 2.92. The van der Waals surface area contributed by atoms with E-state index in [-0.39, 0.29) is 11.1 Å². The summed E-state index contributed by atoms with van der Waals surface area (Å²) < 4.78 is 7.02. The second-order valence-electron chi connectivity index (χ2n) is 8.98. The minimum Gasteiger partial charge on any atom is -0.349 e. The number of halogens is 2. The summed E-state index contributed by atoms with van der Waals surface area (Å²) in [6.07, 6.45) is -0.970. The summed E-state index contributed by atoms with van der Waals surface area (Å²) in [5.41, 5.74) is -0.0296. The number of carbonyl (C=O) groups excluding carboxylic acids is 4. The largest absolute Gasteiger partial charge is 0.349 e. The van der Waals surface area contributed by atoms with E-state index >= 15 is 0 Å². The van der Waals surface area contributed by atoms with Gasteiger partial charge in [-0.25, -0.2) is 4.90 Å². The predicted molar refractivity (Wildman–Crippen MR) is 131 cm³/mol. The first-order valence-corrected chi connectivity index (χ1v) is 12.2. The molecule has 3 aromatic carbocycles. The van der Waals surface area contributed by atoms with E-state index in [4.69, 9.17) is 16.3 Å². The average Bonchev–Trinajstić information content (AvgIpc) is 3.41. The first kappa shape index (κ1) is 22.3. The van der Waals surface area contributed by atoms with E-state index in [0.29, 0.717) is 16.3 Å². The number of aryl methyl sites for hydroxylation is 1. The van der Waals surface area contributed by atoms with E-state index in [2.05, 4.69) is 15.9 Å². The topological polar surface area (TPSA) is 80.8 Å². The van der Waals surface area contributed by atoms with Crippen LogP contribution in [-0.4, -0.2) is 29.0 Å². The van der Waals surface area contributed by atoms with E-state index in [1.807, 2.05) is 13.0 Å². The molecule has 6 rings (SSSR count). The Morgan fingerprint density at radius 1 is 0.886 bits per heavy atom. The van der Waals surface area contributed by atoms with Gasteiger partial charge in [0.2, 0.25) is 29.0 Å². The molecule has 3 atom stereocenters. The van der Waals surface area contributed by atoms with Crippen molar-refractivity contribution in [2.24, 2.45) is 11.8 Å². The lowest BCUT2D eigenvalue weighted by Crippen LogP contribution is -2.51. The maximum absolute atomic E-state index is 13.9. The highest BCUT2D eigenvalue weighted by atomic mass is 79.9. The van der Waals surface area contributed by atoms with Crippen molar-refractivity contribution in [2.45, 2.75) is 18.6 Å². The van der Waals surface area contributed by atoms with Gasteiger partial charge in [-0.15, -0.1) is 0 Å². The number of amides is 2. The second kappa shape index (κ2) is 7.68. The zero-order valence-electron chi connectivity index (χ0n) is 18.3. The Morgan fingerprint density at radius 3 is 2.20 bits per heavy atom. The molecule has 3 aliphatic rings. The van der Waals surface area contributed by atoms with Crippen molar-refractivity contribution in [1.29, 1.82) is 0 Å². The van der Waals surface area contributed by atoms with Crippen LogP contribution in [0.25, 0.3) is 0 Å². The van der Waals surface area contributed by atoms with Gasteiger partial charge in [-0.05, 0) is 42.3 Å². The van der Waals surface area contributed by atoms with Gasteiger partial charge in [-0.1, -0.05) is 70.0 Å². The minimum atomic E-state index is -2.10. The second-order valence-corrected chi connectivity index (χ2v) is 10.3. The zero-order valence-corrected chi connectivity index (χ0v) is 20.7. The number of ketones is 2. The van der Waals surface area contributed by atoms with E-state index in [0.717, 1.165) is 14.9 Å². The molecule has 0 saturated carbocycles. The van der Waals surface area contributed by atoms with E-state index in [1.165, 1.54) is 0 Å². The first-order chi connectivity index (χ1) is 16.8. The lowest BCUT2D eigenvalue weighted by atomic mass is 9.77. The Kier molecular flexibility index (Phi) is 4.90. The molecule has 0 N–H and O–H groups in total. The Balaban J connectivity index is 1.55. The summed E-state index contributed by atoms with van der Waals surface area (Å²) in [4.78, 5) is 56.3. The van der Waals surface area contributed by atoms with Gasteiger partial charge in [-0.2, -0.15) is 0 Å². The van der Waals surface area contributed by atoms with Crippen LogP contribution < -0.4 is 4.90 Å². The minimum absolute atomic E-state index is 0.197. The molecule has 2 saturated heterocycles. The Labute approximate surface area is 214 Å². The van der Waals surface area contributed by atoms with Crippen LogP contribution in [0.3, 0.4) is 0 Å². The number of Topliss-reactive ketones (excluding diaryl/α,β-unsaturated/α-hetero) is 2. The van der Waals surface area contributed by atoms with Crippen LogP contribution >= 0.6 is 27.5 Å². The molecular formula is C27H17BrClNO5. The molecule has 3 aromatic rings. The van der Waals surface area contributed by atoms with Gasteiger partial charge < -0.3 is 4.74 Å². The molecule has 0 radical (unpaired) electrons. The van der Waals surface area contributed by atoms with Crippen molar-refractivity contribution in [1.82, 2.24) is 0 Å². The molecule has 0 aromatic heterocycles. The summed E-state index contributed by atoms with van der Waals surface area (Å²) in [7, 11) is 0. The van der Waals surface area contributed by atoms with Gasteiger partial charge in [0.15, 0.2) is 0 Å². The molecule has 6 nitrogen and oxygen atoms in total. The summed E-state index contributed by atoms with van der Waals surface area (Å²) in [5.74, 6) is -4.71. The fourth-order valence-electron chi connectivity index (χ4n) is 5.48. The number of imide groups is 1. The number of rotatable bonds is 2. The highest BCUT2D eigenvalue weighted by Gasteiger charge is 2.74. The number of benzene rings is 3. The Morgan fingerprint density at radius 2 is 1.57 bits per heavy atom. The predicted octanol–water partition coefficient (Wildman–Crippen LogP) is 5.11. The molecule has 2 aliphatic heterocycles. The van der Waals surface area contributed by atoms with Crippen LogP contribution in [-0.2, 0) is 14.3 Å². The SMILES string of the molecule is Cc1ccc(N2C(=O)[C@H]3[C@@H](C2=O)C2(O[C@H]3c3cccc(Br)c3)C(=O)c3ccccc3C2=O)cc1Cl. The molecule has 0 bridgehead atoms. The molecule has 35 heavy (non-hydrogen) atoms. The maximum Gasteiger partial charge on any atom is 0.241 e. The molecule has 1 spiro atoms. The third-order valence-electron chi connectivity index (χ3n) is 7.11. The lowest BCUT2D eigenvalue weighted by molar-refractivity contribution is -0.127. The number of hydrogen-bond acceptors (Lipinski definition) is 5. The fourth-order valence-corrected chi connectivity index (χ4v) is 6.07. The fraction of sp³-hybridized carbons (Fsp3) is 0.185.